The lowest BCUT2D eigenvalue weighted by atomic mass is 9.95. The second kappa shape index (κ2) is 8.41. The zero-order chi connectivity index (χ0) is 19.5. The maximum atomic E-state index is 12.6. The van der Waals surface area contributed by atoms with Crippen LogP contribution in [-0.4, -0.2) is 17.9 Å². The summed E-state index contributed by atoms with van der Waals surface area (Å²) in [5, 5.41) is 6.65. The molecule has 2 aliphatic rings. The Labute approximate surface area is 173 Å². The van der Waals surface area contributed by atoms with Gasteiger partial charge in [-0.2, -0.15) is 0 Å². The summed E-state index contributed by atoms with van der Waals surface area (Å²) in [7, 11) is 0. The van der Waals surface area contributed by atoms with Crippen molar-refractivity contribution in [3.63, 3.8) is 0 Å². The van der Waals surface area contributed by atoms with Gasteiger partial charge in [0.2, 0.25) is 0 Å². The van der Waals surface area contributed by atoms with E-state index >= 15 is 0 Å². The number of thioether (sulfide) groups is 1. The molecule has 2 amide bonds. The zero-order valence-corrected chi connectivity index (χ0v) is 16.9. The van der Waals surface area contributed by atoms with Gasteiger partial charge in [-0.15, -0.1) is 0 Å². The molecule has 0 spiro atoms. The first-order chi connectivity index (χ1) is 13.6. The SMILES string of the molecule is O=C1Nc2cc(C(=O)NC3CCCCC3)ccc2SC1=Cc1cccc(Cl)c1. The molecule has 0 atom stereocenters. The van der Waals surface area contributed by atoms with E-state index in [1.807, 2.05) is 36.4 Å². The number of carbonyl (C=O) groups excluding carboxylic acids is 2. The van der Waals surface area contributed by atoms with Crippen LogP contribution >= 0.6 is 23.4 Å². The van der Waals surface area contributed by atoms with E-state index in [-0.39, 0.29) is 17.9 Å². The van der Waals surface area contributed by atoms with E-state index in [0.717, 1.165) is 23.3 Å². The lowest BCUT2D eigenvalue weighted by molar-refractivity contribution is -0.112. The number of fused-ring (bicyclic) bond motifs is 1. The van der Waals surface area contributed by atoms with Crippen molar-refractivity contribution in [3.8, 4) is 0 Å². The minimum Gasteiger partial charge on any atom is -0.349 e. The lowest BCUT2D eigenvalue weighted by Crippen LogP contribution is -2.36. The van der Waals surface area contributed by atoms with Crippen molar-refractivity contribution in [3.05, 3.63) is 63.5 Å². The maximum absolute atomic E-state index is 12.6. The Kier molecular flexibility index (Phi) is 5.74. The van der Waals surface area contributed by atoms with Crippen LogP contribution in [0.15, 0.2) is 52.3 Å². The fourth-order valence-corrected chi connectivity index (χ4v) is 4.70. The highest BCUT2D eigenvalue weighted by Gasteiger charge is 2.23. The predicted molar refractivity (Wildman–Crippen MR) is 115 cm³/mol. The quantitative estimate of drug-likeness (QED) is 0.655. The topological polar surface area (TPSA) is 58.2 Å². The van der Waals surface area contributed by atoms with Gasteiger partial charge in [0.15, 0.2) is 0 Å². The summed E-state index contributed by atoms with van der Waals surface area (Å²) in [6, 6.07) is 13.1. The number of amides is 2. The molecule has 1 fully saturated rings. The summed E-state index contributed by atoms with van der Waals surface area (Å²) < 4.78 is 0. The van der Waals surface area contributed by atoms with Crippen molar-refractivity contribution in [2.75, 3.05) is 5.32 Å². The van der Waals surface area contributed by atoms with Crippen LogP contribution in [0.25, 0.3) is 6.08 Å². The Morgan fingerprint density at radius 2 is 1.96 bits per heavy atom. The van der Waals surface area contributed by atoms with Gasteiger partial charge < -0.3 is 10.6 Å². The Bertz CT molecular complexity index is 951. The molecule has 0 saturated heterocycles. The molecule has 0 bridgehead atoms. The largest absolute Gasteiger partial charge is 0.349 e. The minimum absolute atomic E-state index is 0.0748. The van der Waals surface area contributed by atoms with Crippen LogP contribution < -0.4 is 10.6 Å². The highest BCUT2D eigenvalue weighted by molar-refractivity contribution is 8.04. The monoisotopic (exact) mass is 412 g/mol. The molecule has 1 heterocycles. The molecule has 144 valence electrons. The van der Waals surface area contributed by atoms with Crippen molar-refractivity contribution < 1.29 is 9.59 Å². The molecule has 28 heavy (non-hydrogen) atoms. The van der Waals surface area contributed by atoms with Crippen molar-refractivity contribution >= 4 is 46.9 Å². The predicted octanol–water partition coefficient (Wildman–Crippen LogP) is 5.49. The Balaban J connectivity index is 1.51. The van der Waals surface area contributed by atoms with Crippen LogP contribution in [0.1, 0.15) is 48.0 Å². The normalized spacial score (nSPS) is 18.5. The van der Waals surface area contributed by atoms with Gasteiger partial charge in [0.1, 0.15) is 0 Å². The number of rotatable bonds is 3. The lowest BCUT2D eigenvalue weighted by Gasteiger charge is -2.23. The van der Waals surface area contributed by atoms with Crippen LogP contribution in [0.5, 0.6) is 0 Å². The summed E-state index contributed by atoms with van der Waals surface area (Å²) in [6.07, 6.45) is 7.49. The molecule has 6 heteroatoms. The fraction of sp³-hybridized carbons (Fsp3) is 0.273. The first-order valence-corrected chi connectivity index (χ1v) is 10.7. The molecule has 1 aliphatic carbocycles. The van der Waals surface area contributed by atoms with Gasteiger partial charge in [0.25, 0.3) is 11.8 Å². The van der Waals surface area contributed by atoms with E-state index in [2.05, 4.69) is 10.6 Å². The second-order valence-electron chi connectivity index (χ2n) is 7.14. The summed E-state index contributed by atoms with van der Waals surface area (Å²) in [6.45, 7) is 0. The third-order valence-corrected chi connectivity index (χ3v) is 6.35. The molecule has 0 unspecified atom stereocenters. The van der Waals surface area contributed by atoms with E-state index in [4.69, 9.17) is 11.6 Å². The number of hydrogen-bond donors (Lipinski definition) is 2. The Hall–Kier alpha value is -2.24. The van der Waals surface area contributed by atoms with Gasteiger partial charge >= 0.3 is 0 Å². The van der Waals surface area contributed by atoms with Crippen LogP contribution in [0.3, 0.4) is 0 Å². The van der Waals surface area contributed by atoms with Gasteiger partial charge in [0, 0.05) is 21.5 Å². The van der Waals surface area contributed by atoms with E-state index in [1.165, 1.54) is 31.0 Å². The average molecular weight is 413 g/mol. The highest BCUT2D eigenvalue weighted by atomic mass is 35.5. The van der Waals surface area contributed by atoms with E-state index in [1.54, 1.807) is 12.1 Å². The fourth-order valence-electron chi connectivity index (χ4n) is 3.57. The van der Waals surface area contributed by atoms with E-state index in [9.17, 15) is 9.59 Å². The van der Waals surface area contributed by atoms with Crippen molar-refractivity contribution in [1.29, 1.82) is 0 Å². The first kappa shape index (κ1) is 19.1. The molecule has 4 rings (SSSR count). The second-order valence-corrected chi connectivity index (χ2v) is 8.66. The van der Waals surface area contributed by atoms with Gasteiger partial charge in [-0.05, 0) is 54.8 Å². The van der Waals surface area contributed by atoms with Crippen molar-refractivity contribution in [2.24, 2.45) is 0 Å². The van der Waals surface area contributed by atoms with E-state index < -0.39 is 0 Å². The van der Waals surface area contributed by atoms with Crippen molar-refractivity contribution in [1.82, 2.24) is 5.32 Å². The third-order valence-electron chi connectivity index (χ3n) is 5.02. The van der Waals surface area contributed by atoms with Crippen LogP contribution in [0.4, 0.5) is 5.69 Å². The summed E-state index contributed by atoms with van der Waals surface area (Å²) in [4.78, 5) is 26.6. The van der Waals surface area contributed by atoms with Crippen LogP contribution in [0, 0.1) is 0 Å². The summed E-state index contributed by atoms with van der Waals surface area (Å²) in [5.74, 6) is -0.253. The number of benzene rings is 2. The molecule has 1 aliphatic heterocycles. The van der Waals surface area contributed by atoms with Crippen LogP contribution in [0.2, 0.25) is 5.02 Å². The highest BCUT2D eigenvalue weighted by Crippen LogP contribution is 2.39. The molecular weight excluding hydrogens is 392 g/mol. The molecule has 2 aromatic carbocycles. The molecular formula is C22H21ClN2O2S. The number of nitrogens with one attached hydrogen (secondary N) is 2. The number of anilines is 1. The van der Waals surface area contributed by atoms with Gasteiger partial charge in [-0.25, -0.2) is 0 Å². The standard InChI is InChI=1S/C22H21ClN2O2S/c23-16-6-4-5-14(11-16)12-20-22(27)25-18-13-15(9-10-19(18)28-20)21(26)24-17-7-2-1-3-8-17/h4-6,9-13,17H,1-3,7-8H2,(H,24,26)(H,25,27). The smallest absolute Gasteiger partial charge is 0.262 e. The summed E-state index contributed by atoms with van der Waals surface area (Å²) in [5.41, 5.74) is 2.12. The number of halogens is 1. The van der Waals surface area contributed by atoms with Gasteiger partial charge in [0.05, 0.1) is 10.6 Å². The number of carbonyl (C=O) groups is 2. The molecule has 2 aromatic rings. The molecule has 2 N–H and O–H groups in total. The first-order valence-electron chi connectivity index (χ1n) is 9.50. The van der Waals surface area contributed by atoms with Gasteiger partial charge in [-0.3, -0.25) is 9.59 Å². The third kappa shape index (κ3) is 4.42. The molecule has 0 radical (unpaired) electrons. The van der Waals surface area contributed by atoms with Gasteiger partial charge in [-0.1, -0.05) is 54.8 Å². The van der Waals surface area contributed by atoms with E-state index in [0.29, 0.717) is 21.2 Å². The minimum atomic E-state index is -0.178. The molecule has 4 nitrogen and oxygen atoms in total. The maximum Gasteiger partial charge on any atom is 0.262 e. The summed E-state index contributed by atoms with van der Waals surface area (Å²) >= 11 is 7.42. The van der Waals surface area contributed by atoms with Crippen molar-refractivity contribution in [2.45, 2.75) is 43.0 Å². The number of hydrogen-bond acceptors (Lipinski definition) is 3. The molecule has 0 aromatic heterocycles. The average Bonchev–Trinajstić information content (AvgIpc) is 2.69. The zero-order valence-electron chi connectivity index (χ0n) is 15.3. The van der Waals surface area contributed by atoms with Crippen LogP contribution in [-0.2, 0) is 4.79 Å². The Morgan fingerprint density at radius 3 is 2.75 bits per heavy atom. The Morgan fingerprint density at radius 1 is 1.14 bits per heavy atom. The molecule has 1 saturated carbocycles.